The maximum Gasteiger partial charge on any atom is 0.414 e. The zero-order chi connectivity index (χ0) is 29.0. The van der Waals surface area contributed by atoms with Gasteiger partial charge < -0.3 is 34.3 Å². The van der Waals surface area contributed by atoms with Crippen LogP contribution in [-0.2, 0) is 18.9 Å². The Kier molecular flexibility index (Phi) is 11.4. The highest BCUT2D eigenvalue weighted by atomic mass is 19.1. The Morgan fingerprint density at radius 1 is 0.975 bits per heavy atom. The average molecular weight is 558 g/mol. The lowest BCUT2D eigenvalue weighted by Crippen LogP contribution is -2.34. The fourth-order valence-electron chi connectivity index (χ4n) is 3.18. The quantitative estimate of drug-likeness (QED) is 0.195. The van der Waals surface area contributed by atoms with Gasteiger partial charge in [0.05, 0.1) is 26.0 Å². The van der Waals surface area contributed by atoms with Crippen LogP contribution in [0.3, 0.4) is 0 Å². The van der Waals surface area contributed by atoms with E-state index in [0.29, 0.717) is 49.2 Å². The van der Waals surface area contributed by atoms with E-state index in [0.717, 1.165) is 6.20 Å². The van der Waals surface area contributed by atoms with Crippen LogP contribution in [0.4, 0.5) is 38.0 Å². The van der Waals surface area contributed by atoms with Gasteiger partial charge in [0.1, 0.15) is 24.8 Å². The Morgan fingerprint density at radius 2 is 1.70 bits per heavy atom. The number of methoxy groups -OCH3 is 1. The normalized spacial score (nSPS) is 11.2. The lowest BCUT2D eigenvalue weighted by atomic mass is 10.2. The number of ether oxygens (including phenoxy) is 5. The Balaban J connectivity index is 1.55. The fraction of sp³-hybridized carbons (Fsp3) is 0.393. The van der Waals surface area contributed by atoms with E-state index < -0.39 is 17.5 Å². The van der Waals surface area contributed by atoms with Gasteiger partial charge in [-0.1, -0.05) is 6.07 Å². The minimum atomic E-state index is -0.633. The summed E-state index contributed by atoms with van der Waals surface area (Å²) < 4.78 is 41.0. The molecule has 0 aliphatic heterocycles. The first-order valence-electron chi connectivity index (χ1n) is 12.7. The number of benzene rings is 2. The van der Waals surface area contributed by atoms with Crippen molar-refractivity contribution in [1.82, 2.24) is 9.97 Å². The predicted molar refractivity (Wildman–Crippen MR) is 150 cm³/mol. The molecule has 0 aliphatic rings. The van der Waals surface area contributed by atoms with Crippen molar-refractivity contribution in [2.24, 2.45) is 0 Å². The molecule has 0 fully saturated rings. The first-order chi connectivity index (χ1) is 19.1. The minimum absolute atomic E-state index is 0.0271. The largest absolute Gasteiger partial charge is 0.491 e. The van der Waals surface area contributed by atoms with E-state index in [1.807, 2.05) is 0 Å². The molecule has 3 aromatic rings. The highest BCUT2D eigenvalue weighted by molar-refractivity contribution is 5.88. The summed E-state index contributed by atoms with van der Waals surface area (Å²) in [4.78, 5) is 22.1. The van der Waals surface area contributed by atoms with Gasteiger partial charge in [0.15, 0.2) is 11.6 Å². The summed E-state index contributed by atoms with van der Waals surface area (Å²) in [6.45, 7) is 7.30. The molecule has 0 atom stereocenters. The van der Waals surface area contributed by atoms with Gasteiger partial charge in [-0.15, -0.1) is 0 Å². The molecule has 0 bridgehead atoms. The number of hydrogen-bond donors (Lipinski definition) is 2. The average Bonchev–Trinajstić information content (AvgIpc) is 2.92. The maximum absolute atomic E-state index is 14.5. The van der Waals surface area contributed by atoms with Crippen LogP contribution >= 0.6 is 0 Å². The summed E-state index contributed by atoms with van der Waals surface area (Å²) >= 11 is 0. The Hall–Kier alpha value is -4.00. The maximum atomic E-state index is 14.5. The number of rotatable bonds is 14. The van der Waals surface area contributed by atoms with Crippen LogP contribution in [0.2, 0.25) is 0 Å². The van der Waals surface area contributed by atoms with Crippen molar-refractivity contribution in [1.29, 1.82) is 0 Å². The first-order valence-corrected chi connectivity index (χ1v) is 12.7. The van der Waals surface area contributed by atoms with Crippen LogP contribution in [-0.4, -0.2) is 69.0 Å². The highest BCUT2D eigenvalue weighted by Gasteiger charge is 2.21. The zero-order valence-corrected chi connectivity index (χ0v) is 23.4. The molecule has 40 heavy (non-hydrogen) atoms. The van der Waals surface area contributed by atoms with E-state index in [9.17, 15) is 9.18 Å². The number of hydrogen-bond acceptors (Lipinski definition) is 10. The molecular weight excluding hydrogens is 521 g/mol. The van der Waals surface area contributed by atoms with E-state index in [4.69, 9.17) is 23.7 Å². The van der Waals surface area contributed by atoms with E-state index >= 15 is 0 Å². The topological polar surface area (TPSA) is 116 Å². The number of aromatic nitrogens is 2. The van der Waals surface area contributed by atoms with Crippen molar-refractivity contribution in [3.63, 3.8) is 0 Å². The molecule has 1 heterocycles. The number of carbonyl (C=O) groups excluding carboxylic acids is 1. The van der Waals surface area contributed by atoms with E-state index in [1.54, 1.807) is 83.5 Å². The second-order valence-electron chi connectivity index (χ2n) is 9.53. The molecule has 0 saturated heterocycles. The monoisotopic (exact) mass is 557 g/mol. The number of nitrogens with zero attached hydrogens (tertiary/aromatic N) is 3. The van der Waals surface area contributed by atoms with Gasteiger partial charge in [-0.2, -0.15) is 4.98 Å². The molecule has 1 aromatic heterocycles. The van der Waals surface area contributed by atoms with Gasteiger partial charge >= 0.3 is 6.09 Å². The van der Waals surface area contributed by atoms with Crippen molar-refractivity contribution in [2.45, 2.75) is 26.4 Å². The van der Waals surface area contributed by atoms with Gasteiger partial charge in [-0.25, -0.2) is 14.2 Å². The molecule has 0 spiro atoms. The van der Waals surface area contributed by atoms with E-state index in [-0.39, 0.29) is 18.6 Å². The van der Waals surface area contributed by atoms with Crippen LogP contribution in [0.5, 0.6) is 5.75 Å². The summed E-state index contributed by atoms with van der Waals surface area (Å²) in [5, 5.41) is 5.99. The Morgan fingerprint density at radius 3 is 2.40 bits per heavy atom. The van der Waals surface area contributed by atoms with Crippen molar-refractivity contribution in [3.8, 4) is 5.75 Å². The van der Waals surface area contributed by atoms with Gasteiger partial charge in [0.25, 0.3) is 0 Å². The van der Waals surface area contributed by atoms with Crippen molar-refractivity contribution in [2.75, 3.05) is 62.9 Å². The van der Waals surface area contributed by atoms with E-state index in [1.165, 1.54) is 4.90 Å². The molecule has 12 heteroatoms. The summed E-state index contributed by atoms with van der Waals surface area (Å²) in [5.74, 6) is 0.196. The van der Waals surface area contributed by atoms with Crippen LogP contribution in [0.1, 0.15) is 20.8 Å². The summed E-state index contributed by atoms with van der Waals surface area (Å²) in [6, 6.07) is 14.1. The predicted octanol–water partition coefficient (Wildman–Crippen LogP) is 5.49. The minimum Gasteiger partial charge on any atom is -0.491 e. The summed E-state index contributed by atoms with van der Waals surface area (Å²) in [5.41, 5.74) is 1.16. The summed E-state index contributed by atoms with van der Waals surface area (Å²) in [7, 11) is 3.21. The fourth-order valence-corrected chi connectivity index (χ4v) is 3.18. The third-order valence-corrected chi connectivity index (χ3v) is 5.11. The molecule has 0 radical (unpaired) electrons. The molecule has 0 saturated carbocycles. The second-order valence-corrected chi connectivity index (χ2v) is 9.53. The SMILES string of the molecule is COCCOCOCCOc1ccc(Nc2ncc(F)c(Nc3cccc(N(C)C(=O)OC(C)(C)C)c3)n2)cc1. The second kappa shape index (κ2) is 15.0. The van der Waals surface area contributed by atoms with E-state index in [2.05, 4.69) is 20.6 Å². The van der Waals surface area contributed by atoms with Gasteiger partial charge in [-0.05, 0) is 63.2 Å². The molecule has 1 amide bonds. The molecule has 11 nitrogen and oxygen atoms in total. The number of carbonyl (C=O) groups is 1. The molecular formula is C28H36FN5O6. The van der Waals surface area contributed by atoms with Crippen LogP contribution in [0, 0.1) is 5.82 Å². The van der Waals surface area contributed by atoms with Gasteiger partial charge in [0.2, 0.25) is 5.95 Å². The van der Waals surface area contributed by atoms with Crippen molar-refractivity contribution >= 4 is 34.9 Å². The van der Waals surface area contributed by atoms with Crippen molar-refractivity contribution < 1.29 is 32.9 Å². The van der Waals surface area contributed by atoms with Gasteiger partial charge in [0, 0.05) is 31.2 Å². The standard InChI is InChI=1S/C28H36FN5O6/c1-28(2,3)40-27(35)34(4)22-8-6-7-21(17-22)31-25-24(29)18-30-26(33-25)32-20-9-11-23(12-10-20)39-16-15-38-19-37-14-13-36-5/h6-12,17-18H,13-16,19H2,1-5H3,(H2,30,31,32,33). The molecule has 2 N–H and O–H groups in total. The Labute approximate surface area is 233 Å². The molecule has 0 unspecified atom stereocenters. The van der Waals surface area contributed by atoms with Crippen LogP contribution in [0.15, 0.2) is 54.7 Å². The third kappa shape index (κ3) is 10.3. The molecule has 0 aliphatic carbocycles. The summed E-state index contributed by atoms with van der Waals surface area (Å²) in [6.07, 6.45) is 0.572. The number of nitrogens with one attached hydrogen (secondary N) is 2. The molecule has 2 aromatic carbocycles. The lowest BCUT2D eigenvalue weighted by Gasteiger charge is -2.25. The van der Waals surface area contributed by atoms with Crippen LogP contribution < -0.4 is 20.3 Å². The Bertz CT molecular complexity index is 1220. The van der Waals surface area contributed by atoms with Crippen molar-refractivity contribution in [3.05, 3.63) is 60.5 Å². The van der Waals surface area contributed by atoms with Crippen LogP contribution in [0.25, 0.3) is 0 Å². The smallest absolute Gasteiger partial charge is 0.414 e. The molecule has 3 rings (SSSR count). The first kappa shape index (κ1) is 30.5. The highest BCUT2D eigenvalue weighted by Crippen LogP contribution is 2.25. The third-order valence-electron chi connectivity index (χ3n) is 5.11. The number of amides is 1. The molecule has 216 valence electrons. The number of anilines is 5. The lowest BCUT2D eigenvalue weighted by molar-refractivity contribution is -0.0710. The number of halogens is 1. The van der Waals surface area contributed by atoms with Gasteiger partial charge in [-0.3, -0.25) is 4.90 Å². The zero-order valence-electron chi connectivity index (χ0n) is 23.4.